The number of carboxylic acids is 1. The van der Waals surface area contributed by atoms with Crippen molar-refractivity contribution in [3.8, 4) is 5.75 Å². The molecule has 0 spiro atoms. The summed E-state index contributed by atoms with van der Waals surface area (Å²) in [6.45, 7) is 0.381. The Morgan fingerprint density at radius 1 is 1.30 bits per heavy atom. The molecule has 2 amide bonds. The lowest BCUT2D eigenvalue weighted by molar-refractivity contribution is -0.137. The fourth-order valence-electron chi connectivity index (χ4n) is 1.96. The van der Waals surface area contributed by atoms with Crippen LogP contribution in [0.1, 0.15) is 12.8 Å². The van der Waals surface area contributed by atoms with Gasteiger partial charge < -0.3 is 20.1 Å². The van der Waals surface area contributed by atoms with Crippen LogP contribution in [0.15, 0.2) is 24.3 Å². The molecule has 2 N–H and O–H groups in total. The molecule has 0 unspecified atom stereocenters. The van der Waals surface area contributed by atoms with Gasteiger partial charge in [-0.3, -0.25) is 14.4 Å². The van der Waals surface area contributed by atoms with E-state index >= 15 is 0 Å². The van der Waals surface area contributed by atoms with E-state index in [1.807, 2.05) is 0 Å². The average molecular weight is 338 g/mol. The molecule has 2 rings (SSSR count). The first kappa shape index (κ1) is 17.1. The molecule has 1 aromatic rings. The van der Waals surface area contributed by atoms with Crippen molar-refractivity contribution in [2.24, 2.45) is 0 Å². The van der Waals surface area contributed by atoms with Gasteiger partial charge in [0.15, 0.2) is 0 Å². The molecular formula is C15H18N2O5S. The minimum absolute atomic E-state index is 0.0183. The number of nitrogens with one attached hydrogen (secondary N) is 1. The van der Waals surface area contributed by atoms with E-state index in [9.17, 15) is 14.4 Å². The van der Waals surface area contributed by atoms with Gasteiger partial charge in [0.1, 0.15) is 12.3 Å². The van der Waals surface area contributed by atoms with Crippen LogP contribution < -0.4 is 10.1 Å². The molecule has 23 heavy (non-hydrogen) atoms. The van der Waals surface area contributed by atoms with E-state index in [1.54, 1.807) is 24.3 Å². The lowest BCUT2D eigenvalue weighted by Gasteiger charge is -2.14. The van der Waals surface area contributed by atoms with Crippen LogP contribution in [-0.2, 0) is 14.4 Å². The zero-order valence-electron chi connectivity index (χ0n) is 12.5. The summed E-state index contributed by atoms with van der Waals surface area (Å²) in [5, 5.41) is 11.3. The Hall–Kier alpha value is -2.22. The molecule has 1 saturated heterocycles. The normalized spacial score (nSPS) is 13.9. The van der Waals surface area contributed by atoms with Crippen LogP contribution in [0, 0.1) is 0 Å². The van der Waals surface area contributed by atoms with Gasteiger partial charge in [-0.25, -0.2) is 0 Å². The van der Waals surface area contributed by atoms with Gasteiger partial charge in [-0.2, -0.15) is 0 Å². The fourth-order valence-corrected chi connectivity index (χ4v) is 2.87. The molecule has 0 saturated carbocycles. The number of carbonyl (C=O) groups is 3. The number of carboxylic acid groups (broad SMARTS) is 1. The van der Waals surface area contributed by atoms with Crippen molar-refractivity contribution in [1.82, 2.24) is 4.90 Å². The van der Waals surface area contributed by atoms with Crippen LogP contribution >= 0.6 is 11.8 Å². The summed E-state index contributed by atoms with van der Waals surface area (Å²) >= 11 is 1.49. The molecular weight excluding hydrogens is 320 g/mol. The van der Waals surface area contributed by atoms with Gasteiger partial charge in [-0.05, 0) is 30.7 Å². The topological polar surface area (TPSA) is 95.9 Å². The average Bonchev–Trinajstić information content (AvgIpc) is 2.90. The summed E-state index contributed by atoms with van der Waals surface area (Å²) in [6, 6.07) is 6.80. The summed E-state index contributed by atoms with van der Waals surface area (Å²) in [6.07, 6.45) is 0.511. The number of amides is 2. The van der Waals surface area contributed by atoms with Crippen molar-refractivity contribution in [3.05, 3.63) is 24.3 Å². The molecule has 1 fully saturated rings. The Morgan fingerprint density at radius 3 is 2.65 bits per heavy atom. The number of thioether (sulfide) groups is 1. The Morgan fingerprint density at radius 2 is 2.04 bits per heavy atom. The molecule has 0 atom stereocenters. The molecule has 0 aliphatic carbocycles. The fraction of sp³-hybridized carbons (Fsp3) is 0.400. The first-order chi connectivity index (χ1) is 11.0. The van der Waals surface area contributed by atoms with Crippen molar-refractivity contribution in [1.29, 1.82) is 0 Å². The van der Waals surface area contributed by atoms with E-state index in [-0.39, 0.29) is 24.8 Å². The summed E-state index contributed by atoms with van der Waals surface area (Å²) in [5.41, 5.74) is 0.618. The van der Waals surface area contributed by atoms with Crippen molar-refractivity contribution >= 4 is 35.2 Å². The number of hydrogen-bond acceptors (Lipinski definition) is 5. The molecule has 124 valence electrons. The number of anilines is 1. The third kappa shape index (κ3) is 5.82. The van der Waals surface area contributed by atoms with Gasteiger partial charge in [0, 0.05) is 12.1 Å². The van der Waals surface area contributed by atoms with Crippen LogP contribution in [-0.4, -0.2) is 52.6 Å². The first-order valence-electron chi connectivity index (χ1n) is 7.14. The van der Waals surface area contributed by atoms with Crippen molar-refractivity contribution in [2.75, 3.05) is 30.1 Å². The van der Waals surface area contributed by atoms with Crippen molar-refractivity contribution < 1.29 is 24.2 Å². The predicted molar refractivity (Wildman–Crippen MR) is 86.5 cm³/mol. The number of carbonyl (C=O) groups excluding carboxylic acids is 2. The second-order valence-electron chi connectivity index (χ2n) is 4.99. The molecule has 1 heterocycles. The van der Waals surface area contributed by atoms with E-state index in [2.05, 4.69) is 5.32 Å². The van der Waals surface area contributed by atoms with Gasteiger partial charge in [0.25, 0.3) is 0 Å². The van der Waals surface area contributed by atoms with Gasteiger partial charge in [-0.1, -0.05) is 0 Å². The van der Waals surface area contributed by atoms with Crippen LogP contribution in [0.2, 0.25) is 0 Å². The van der Waals surface area contributed by atoms with E-state index in [0.717, 1.165) is 0 Å². The number of ether oxygens (including phenoxy) is 1. The largest absolute Gasteiger partial charge is 0.494 e. The molecule has 0 bridgehead atoms. The van der Waals surface area contributed by atoms with Gasteiger partial charge in [0.05, 0.1) is 18.2 Å². The number of nitrogens with zero attached hydrogens (tertiary/aromatic N) is 1. The zero-order chi connectivity index (χ0) is 16.7. The lowest BCUT2D eigenvalue weighted by Crippen LogP contribution is -2.34. The highest BCUT2D eigenvalue weighted by Crippen LogP contribution is 2.17. The maximum absolute atomic E-state index is 11.9. The van der Waals surface area contributed by atoms with Crippen molar-refractivity contribution in [3.63, 3.8) is 0 Å². The Balaban J connectivity index is 1.74. The second kappa shape index (κ2) is 8.42. The smallest absolute Gasteiger partial charge is 0.303 e. The SMILES string of the molecule is O=C(O)CCCOc1ccc(NC(=O)CN2CSCC2=O)cc1. The molecule has 1 aliphatic rings. The lowest BCUT2D eigenvalue weighted by atomic mass is 10.3. The van der Waals surface area contributed by atoms with E-state index in [1.165, 1.54) is 16.7 Å². The molecule has 0 radical (unpaired) electrons. The highest BCUT2D eigenvalue weighted by Gasteiger charge is 2.22. The maximum Gasteiger partial charge on any atom is 0.303 e. The first-order valence-corrected chi connectivity index (χ1v) is 8.30. The minimum Gasteiger partial charge on any atom is -0.494 e. The number of hydrogen-bond donors (Lipinski definition) is 2. The van der Waals surface area contributed by atoms with Crippen LogP contribution in [0.5, 0.6) is 5.75 Å². The summed E-state index contributed by atoms with van der Waals surface area (Å²) < 4.78 is 5.41. The molecule has 8 heteroatoms. The van der Waals surface area contributed by atoms with E-state index in [4.69, 9.17) is 9.84 Å². The minimum atomic E-state index is -0.846. The molecule has 0 aromatic heterocycles. The van der Waals surface area contributed by atoms with Crippen LogP contribution in [0.4, 0.5) is 5.69 Å². The van der Waals surface area contributed by atoms with E-state index in [0.29, 0.717) is 36.1 Å². The molecule has 7 nitrogen and oxygen atoms in total. The second-order valence-corrected chi connectivity index (χ2v) is 5.94. The van der Waals surface area contributed by atoms with Gasteiger partial charge in [-0.15, -0.1) is 11.8 Å². The number of benzene rings is 1. The van der Waals surface area contributed by atoms with Gasteiger partial charge in [0.2, 0.25) is 11.8 Å². The summed E-state index contributed by atoms with van der Waals surface area (Å²) in [4.78, 5) is 35.2. The van der Waals surface area contributed by atoms with E-state index < -0.39 is 5.97 Å². The highest BCUT2D eigenvalue weighted by molar-refractivity contribution is 8.00. The molecule has 1 aliphatic heterocycles. The van der Waals surface area contributed by atoms with Crippen molar-refractivity contribution in [2.45, 2.75) is 12.8 Å². The number of aliphatic carboxylic acids is 1. The molecule has 1 aromatic carbocycles. The quantitative estimate of drug-likeness (QED) is 0.696. The number of rotatable bonds is 8. The third-order valence-corrected chi connectivity index (χ3v) is 4.05. The van der Waals surface area contributed by atoms with Crippen LogP contribution in [0.3, 0.4) is 0 Å². The van der Waals surface area contributed by atoms with Crippen LogP contribution in [0.25, 0.3) is 0 Å². The maximum atomic E-state index is 11.9. The highest BCUT2D eigenvalue weighted by atomic mass is 32.2. The standard InChI is InChI=1S/C15H18N2O5S/c18-13(8-17-10-23-9-14(17)19)16-11-3-5-12(6-4-11)22-7-1-2-15(20)21/h3-6H,1-2,7-10H2,(H,16,18)(H,20,21). The summed E-state index contributed by atoms with van der Waals surface area (Å²) in [7, 11) is 0. The Kier molecular flexibility index (Phi) is 6.28. The summed E-state index contributed by atoms with van der Waals surface area (Å²) in [5.74, 6) is 0.489. The zero-order valence-corrected chi connectivity index (χ0v) is 13.3. The predicted octanol–water partition coefficient (Wildman–Crippen LogP) is 1.40. The Labute approximate surface area is 138 Å². The Bertz CT molecular complexity index is 576. The third-order valence-electron chi connectivity index (χ3n) is 3.10. The monoisotopic (exact) mass is 338 g/mol. The van der Waals surface area contributed by atoms with Gasteiger partial charge >= 0.3 is 5.97 Å².